The zero-order chi connectivity index (χ0) is 13.5. The van der Waals surface area contributed by atoms with Crippen LogP contribution >= 0.6 is 15.9 Å². The predicted molar refractivity (Wildman–Crippen MR) is 83.5 cm³/mol. The van der Waals surface area contributed by atoms with Crippen LogP contribution in [-0.4, -0.2) is 28.3 Å². The second kappa shape index (κ2) is 8.08. The molecule has 0 bridgehead atoms. The van der Waals surface area contributed by atoms with Gasteiger partial charge in [-0.1, -0.05) is 35.0 Å². The lowest BCUT2D eigenvalue weighted by Crippen LogP contribution is -2.31. The Labute approximate surface area is 121 Å². The number of hydrogen-bond donors (Lipinski definition) is 1. The smallest absolute Gasteiger partial charge is 0.0329 e. The average molecular weight is 332 g/mol. The van der Waals surface area contributed by atoms with Crippen molar-refractivity contribution < 1.29 is 4.21 Å². The summed E-state index contributed by atoms with van der Waals surface area (Å²) in [4.78, 5) is 0. The van der Waals surface area contributed by atoms with Crippen molar-refractivity contribution in [3.05, 3.63) is 34.3 Å². The van der Waals surface area contributed by atoms with E-state index in [0.717, 1.165) is 23.9 Å². The quantitative estimate of drug-likeness (QED) is 0.831. The third-order valence-electron chi connectivity index (χ3n) is 3.07. The van der Waals surface area contributed by atoms with Gasteiger partial charge in [-0.15, -0.1) is 0 Å². The monoisotopic (exact) mass is 331 g/mol. The Morgan fingerprint density at radius 1 is 1.28 bits per heavy atom. The maximum Gasteiger partial charge on any atom is 0.0329 e. The van der Waals surface area contributed by atoms with Crippen LogP contribution in [0.2, 0.25) is 0 Å². The van der Waals surface area contributed by atoms with Gasteiger partial charge in [0.15, 0.2) is 0 Å². The van der Waals surface area contributed by atoms with Gasteiger partial charge in [0.1, 0.15) is 0 Å². The molecule has 18 heavy (non-hydrogen) atoms. The second-order valence-electron chi connectivity index (χ2n) is 4.78. The van der Waals surface area contributed by atoms with Crippen LogP contribution in [0.5, 0.6) is 0 Å². The summed E-state index contributed by atoms with van der Waals surface area (Å²) in [6.45, 7) is 5.16. The first-order valence-corrected chi connectivity index (χ1v) is 8.70. The molecule has 0 aliphatic carbocycles. The molecule has 0 saturated carbocycles. The van der Waals surface area contributed by atoms with Crippen molar-refractivity contribution in [2.24, 2.45) is 0 Å². The Bertz CT molecular complexity index is 380. The molecule has 0 fully saturated rings. The van der Waals surface area contributed by atoms with Crippen LogP contribution in [0.1, 0.15) is 25.8 Å². The molecule has 3 unspecified atom stereocenters. The second-order valence-corrected chi connectivity index (χ2v) is 7.50. The SMILES string of the molecule is CC(Cc1ccc(Br)cc1)NCCC(C)S(C)=O. The molecule has 4 heteroatoms. The van der Waals surface area contributed by atoms with Gasteiger partial charge in [-0.2, -0.15) is 0 Å². The van der Waals surface area contributed by atoms with Gasteiger partial charge in [0.2, 0.25) is 0 Å². The molecule has 0 aliphatic heterocycles. The Hall–Kier alpha value is -0.190. The zero-order valence-corrected chi connectivity index (χ0v) is 13.7. The maximum absolute atomic E-state index is 11.2. The van der Waals surface area contributed by atoms with Gasteiger partial charge >= 0.3 is 0 Å². The fraction of sp³-hybridized carbons (Fsp3) is 0.571. The summed E-state index contributed by atoms with van der Waals surface area (Å²) in [6.07, 6.45) is 3.76. The molecule has 0 amide bonds. The maximum atomic E-state index is 11.2. The van der Waals surface area contributed by atoms with Gasteiger partial charge in [-0.25, -0.2) is 0 Å². The molecule has 2 nitrogen and oxygen atoms in total. The first-order valence-electron chi connectivity index (χ1n) is 6.29. The highest BCUT2D eigenvalue weighted by molar-refractivity contribution is 9.10. The molecule has 0 spiro atoms. The normalized spacial score (nSPS) is 16.2. The minimum atomic E-state index is -0.711. The van der Waals surface area contributed by atoms with E-state index in [-0.39, 0.29) is 5.25 Å². The van der Waals surface area contributed by atoms with E-state index in [1.54, 1.807) is 6.26 Å². The third-order valence-corrected chi connectivity index (χ3v) is 4.96. The van der Waals surface area contributed by atoms with Crippen molar-refractivity contribution >= 4 is 26.7 Å². The fourth-order valence-electron chi connectivity index (χ4n) is 1.75. The molecular weight excluding hydrogens is 310 g/mol. The molecule has 102 valence electrons. The first kappa shape index (κ1) is 15.9. The molecule has 0 radical (unpaired) electrons. The molecule has 0 aromatic heterocycles. The molecule has 1 aromatic carbocycles. The lowest BCUT2D eigenvalue weighted by molar-refractivity contribution is 0.531. The summed E-state index contributed by atoms with van der Waals surface area (Å²) < 4.78 is 12.3. The standard InChI is InChI=1S/C14H22BrNOS/c1-11(16-9-8-12(2)18(3)17)10-13-4-6-14(15)7-5-13/h4-7,11-12,16H,8-10H2,1-3H3. The Morgan fingerprint density at radius 3 is 2.44 bits per heavy atom. The van der Waals surface area contributed by atoms with E-state index in [0.29, 0.717) is 6.04 Å². The van der Waals surface area contributed by atoms with Crippen LogP contribution in [0, 0.1) is 0 Å². The molecule has 3 atom stereocenters. The Balaban J connectivity index is 2.27. The van der Waals surface area contributed by atoms with Crippen LogP contribution in [0.15, 0.2) is 28.7 Å². The first-order chi connectivity index (χ1) is 8.49. The summed E-state index contributed by atoms with van der Waals surface area (Å²) in [6, 6.07) is 8.89. The van der Waals surface area contributed by atoms with Gasteiger partial charge in [-0.05, 0) is 44.0 Å². The van der Waals surface area contributed by atoms with Crippen molar-refractivity contribution in [2.75, 3.05) is 12.8 Å². The van der Waals surface area contributed by atoms with E-state index in [1.807, 2.05) is 6.92 Å². The molecule has 0 aliphatic rings. The van der Waals surface area contributed by atoms with Crippen molar-refractivity contribution in [3.8, 4) is 0 Å². The summed E-state index contributed by atoms with van der Waals surface area (Å²) in [5.74, 6) is 0. The Kier molecular flexibility index (Phi) is 7.12. The number of benzene rings is 1. The summed E-state index contributed by atoms with van der Waals surface area (Å²) >= 11 is 3.44. The number of rotatable bonds is 7. The van der Waals surface area contributed by atoms with Gasteiger partial charge in [0.05, 0.1) is 0 Å². The third kappa shape index (κ3) is 6.12. The fourth-order valence-corrected chi connectivity index (χ4v) is 2.46. The highest BCUT2D eigenvalue weighted by Crippen LogP contribution is 2.11. The molecule has 0 heterocycles. The van der Waals surface area contributed by atoms with Crippen LogP contribution in [0.4, 0.5) is 0 Å². The van der Waals surface area contributed by atoms with Gasteiger partial charge in [-0.3, -0.25) is 4.21 Å². The van der Waals surface area contributed by atoms with Crippen LogP contribution in [0.25, 0.3) is 0 Å². The van der Waals surface area contributed by atoms with Crippen LogP contribution in [0.3, 0.4) is 0 Å². The van der Waals surface area contributed by atoms with Crippen molar-refractivity contribution in [1.82, 2.24) is 5.32 Å². The van der Waals surface area contributed by atoms with E-state index in [2.05, 4.69) is 52.4 Å². The van der Waals surface area contributed by atoms with Crippen LogP contribution in [-0.2, 0) is 17.2 Å². The van der Waals surface area contributed by atoms with Crippen molar-refractivity contribution in [2.45, 2.75) is 38.0 Å². The molecule has 1 N–H and O–H groups in total. The average Bonchev–Trinajstić information content (AvgIpc) is 2.32. The number of hydrogen-bond acceptors (Lipinski definition) is 2. The van der Waals surface area contributed by atoms with E-state index in [4.69, 9.17) is 0 Å². The predicted octanol–water partition coefficient (Wildman–Crippen LogP) is 3.13. The summed E-state index contributed by atoms with van der Waals surface area (Å²) in [7, 11) is -0.711. The topological polar surface area (TPSA) is 29.1 Å². The van der Waals surface area contributed by atoms with E-state index >= 15 is 0 Å². The lowest BCUT2D eigenvalue weighted by Gasteiger charge is -2.15. The number of nitrogens with one attached hydrogen (secondary N) is 1. The van der Waals surface area contributed by atoms with Crippen molar-refractivity contribution in [3.63, 3.8) is 0 Å². The lowest BCUT2D eigenvalue weighted by atomic mass is 10.1. The zero-order valence-electron chi connectivity index (χ0n) is 11.3. The summed E-state index contributed by atoms with van der Waals surface area (Å²) in [5.41, 5.74) is 1.34. The van der Waals surface area contributed by atoms with Gasteiger partial charge in [0, 0.05) is 32.8 Å². The van der Waals surface area contributed by atoms with Crippen LogP contribution < -0.4 is 5.32 Å². The minimum Gasteiger partial charge on any atom is -0.314 e. The molecular formula is C14H22BrNOS. The van der Waals surface area contributed by atoms with E-state index in [1.165, 1.54) is 5.56 Å². The highest BCUT2D eigenvalue weighted by atomic mass is 79.9. The largest absolute Gasteiger partial charge is 0.314 e. The Morgan fingerprint density at radius 2 is 1.89 bits per heavy atom. The van der Waals surface area contributed by atoms with E-state index < -0.39 is 10.8 Å². The molecule has 1 aromatic rings. The van der Waals surface area contributed by atoms with Gasteiger partial charge in [0.25, 0.3) is 0 Å². The molecule has 0 saturated heterocycles. The minimum absolute atomic E-state index is 0.275. The van der Waals surface area contributed by atoms with E-state index in [9.17, 15) is 4.21 Å². The van der Waals surface area contributed by atoms with Crippen molar-refractivity contribution in [1.29, 1.82) is 0 Å². The number of halogens is 1. The summed E-state index contributed by atoms with van der Waals surface area (Å²) in [5, 5.41) is 3.76. The highest BCUT2D eigenvalue weighted by Gasteiger charge is 2.07. The van der Waals surface area contributed by atoms with Gasteiger partial charge < -0.3 is 5.32 Å². The molecule has 1 rings (SSSR count).